The van der Waals surface area contributed by atoms with Crippen LogP contribution < -0.4 is 5.32 Å². The Morgan fingerprint density at radius 1 is 1.19 bits per heavy atom. The molecule has 2 aromatic carbocycles. The second-order valence-electron chi connectivity index (χ2n) is 6.22. The molecule has 0 bridgehead atoms. The van der Waals surface area contributed by atoms with Gasteiger partial charge in [0.1, 0.15) is 0 Å². The Kier molecular flexibility index (Phi) is 5.63. The van der Waals surface area contributed by atoms with Gasteiger partial charge in [-0.2, -0.15) is 0 Å². The van der Waals surface area contributed by atoms with Crippen molar-refractivity contribution >= 4 is 17.5 Å². The number of hydrogen-bond acceptors (Lipinski definition) is 4. The van der Waals surface area contributed by atoms with Crippen molar-refractivity contribution in [3.63, 3.8) is 0 Å². The number of rotatable bonds is 6. The molecule has 0 radical (unpaired) electrons. The summed E-state index contributed by atoms with van der Waals surface area (Å²) in [5.41, 5.74) is 2.39. The summed E-state index contributed by atoms with van der Waals surface area (Å²) < 4.78 is 1.73. The third-order valence-corrected chi connectivity index (χ3v) is 4.37. The summed E-state index contributed by atoms with van der Waals surface area (Å²) in [6.07, 6.45) is 0.677. The number of carbonyl (C=O) groups excluding carboxylic acids is 1. The van der Waals surface area contributed by atoms with E-state index in [9.17, 15) is 4.79 Å². The molecule has 134 valence electrons. The fourth-order valence-electron chi connectivity index (χ4n) is 2.64. The number of halogens is 1. The molecule has 7 heteroatoms. The number of nitrogens with zero attached hydrogens (tertiary/aromatic N) is 4. The maximum Gasteiger partial charge on any atom is 0.251 e. The average molecular weight is 370 g/mol. The molecule has 26 heavy (non-hydrogen) atoms. The van der Waals surface area contributed by atoms with Gasteiger partial charge in [0.05, 0.1) is 6.04 Å². The van der Waals surface area contributed by atoms with Crippen molar-refractivity contribution in [1.29, 1.82) is 0 Å². The van der Waals surface area contributed by atoms with Crippen molar-refractivity contribution in [1.82, 2.24) is 25.5 Å². The predicted molar refractivity (Wildman–Crippen MR) is 101 cm³/mol. The molecule has 0 saturated heterocycles. The molecule has 0 saturated carbocycles. The van der Waals surface area contributed by atoms with Gasteiger partial charge in [-0.05, 0) is 54.5 Å². The number of nitrogens with one attached hydrogen (secondary N) is 1. The first-order valence-electron chi connectivity index (χ1n) is 8.46. The summed E-state index contributed by atoms with van der Waals surface area (Å²) >= 11 is 6.14. The first-order chi connectivity index (χ1) is 12.6. The normalized spacial score (nSPS) is 10.9. The standard InChI is InChI=1S/C19H20ClN5O/c1-13(2)25-18(22-23-24-25)15-7-5-8-16(12-15)19(26)21-11-10-14-6-3-4-9-17(14)20/h3-9,12-13H,10-11H2,1-2H3,(H,21,26). The molecule has 0 aliphatic rings. The van der Waals surface area contributed by atoms with Crippen LogP contribution in [0.3, 0.4) is 0 Å². The summed E-state index contributed by atoms with van der Waals surface area (Å²) in [6, 6.07) is 15.1. The Hall–Kier alpha value is -2.73. The molecule has 3 rings (SSSR count). The molecule has 1 aromatic heterocycles. The van der Waals surface area contributed by atoms with Crippen LogP contribution in [0.15, 0.2) is 48.5 Å². The number of amides is 1. The Bertz CT molecular complexity index is 906. The molecule has 3 aromatic rings. The summed E-state index contributed by atoms with van der Waals surface area (Å²) in [4.78, 5) is 12.5. The van der Waals surface area contributed by atoms with Gasteiger partial charge in [-0.15, -0.1) is 5.10 Å². The Morgan fingerprint density at radius 2 is 2.00 bits per heavy atom. The molecule has 6 nitrogen and oxygen atoms in total. The molecule has 1 heterocycles. The number of tetrazole rings is 1. The van der Waals surface area contributed by atoms with Crippen LogP contribution in [-0.4, -0.2) is 32.7 Å². The number of hydrogen-bond donors (Lipinski definition) is 1. The first-order valence-corrected chi connectivity index (χ1v) is 8.84. The van der Waals surface area contributed by atoms with E-state index < -0.39 is 0 Å². The van der Waals surface area contributed by atoms with E-state index in [0.29, 0.717) is 29.4 Å². The van der Waals surface area contributed by atoms with Crippen molar-refractivity contribution in [3.05, 3.63) is 64.7 Å². The third-order valence-electron chi connectivity index (χ3n) is 4.00. The maximum atomic E-state index is 12.5. The summed E-state index contributed by atoms with van der Waals surface area (Å²) in [5.74, 6) is 0.508. The molecule has 0 aliphatic heterocycles. The maximum absolute atomic E-state index is 12.5. The quantitative estimate of drug-likeness (QED) is 0.721. The zero-order valence-electron chi connectivity index (χ0n) is 14.7. The van der Waals surface area contributed by atoms with E-state index in [1.807, 2.05) is 50.2 Å². The van der Waals surface area contributed by atoms with Crippen LogP contribution in [0.5, 0.6) is 0 Å². The Balaban J connectivity index is 1.69. The lowest BCUT2D eigenvalue weighted by atomic mass is 10.1. The van der Waals surface area contributed by atoms with Crippen molar-refractivity contribution in [2.75, 3.05) is 6.54 Å². The van der Waals surface area contributed by atoms with E-state index in [1.54, 1.807) is 16.8 Å². The topological polar surface area (TPSA) is 72.7 Å². The van der Waals surface area contributed by atoms with Crippen molar-refractivity contribution in [2.24, 2.45) is 0 Å². The Labute approximate surface area is 157 Å². The minimum absolute atomic E-state index is 0.133. The third kappa shape index (κ3) is 4.08. The SMILES string of the molecule is CC(C)n1nnnc1-c1cccc(C(=O)NCCc2ccccc2Cl)c1. The van der Waals surface area contributed by atoms with Crippen molar-refractivity contribution in [3.8, 4) is 11.4 Å². The summed E-state index contributed by atoms with van der Waals surface area (Å²) in [5, 5.41) is 15.5. The fourth-order valence-corrected chi connectivity index (χ4v) is 2.88. The number of carbonyl (C=O) groups is 1. The van der Waals surface area contributed by atoms with E-state index in [4.69, 9.17) is 11.6 Å². The van der Waals surface area contributed by atoms with E-state index >= 15 is 0 Å². The minimum atomic E-state index is -0.137. The van der Waals surface area contributed by atoms with Crippen LogP contribution in [0.4, 0.5) is 0 Å². The zero-order valence-corrected chi connectivity index (χ0v) is 15.4. The van der Waals surface area contributed by atoms with Gasteiger partial charge >= 0.3 is 0 Å². The number of benzene rings is 2. The number of aromatic nitrogens is 4. The van der Waals surface area contributed by atoms with Gasteiger partial charge in [0.25, 0.3) is 5.91 Å². The van der Waals surface area contributed by atoms with Gasteiger partial charge in [-0.1, -0.05) is 41.9 Å². The molecular formula is C19H20ClN5O. The molecule has 0 spiro atoms. The molecule has 0 unspecified atom stereocenters. The lowest BCUT2D eigenvalue weighted by molar-refractivity contribution is 0.0954. The van der Waals surface area contributed by atoms with Gasteiger partial charge in [0.2, 0.25) is 0 Å². The Morgan fingerprint density at radius 3 is 2.77 bits per heavy atom. The molecule has 1 amide bonds. The van der Waals surface area contributed by atoms with Gasteiger partial charge in [0, 0.05) is 22.7 Å². The second kappa shape index (κ2) is 8.10. The smallest absolute Gasteiger partial charge is 0.251 e. The van der Waals surface area contributed by atoms with E-state index in [2.05, 4.69) is 20.8 Å². The highest BCUT2D eigenvalue weighted by Crippen LogP contribution is 2.20. The highest BCUT2D eigenvalue weighted by molar-refractivity contribution is 6.31. The molecule has 1 N–H and O–H groups in total. The molecular weight excluding hydrogens is 350 g/mol. The summed E-state index contributed by atoms with van der Waals surface area (Å²) in [6.45, 7) is 4.52. The van der Waals surface area contributed by atoms with Crippen LogP contribution in [0, 0.1) is 0 Å². The largest absolute Gasteiger partial charge is 0.352 e. The molecule has 0 aliphatic carbocycles. The van der Waals surface area contributed by atoms with E-state index in [0.717, 1.165) is 11.1 Å². The summed E-state index contributed by atoms with van der Waals surface area (Å²) in [7, 11) is 0. The minimum Gasteiger partial charge on any atom is -0.352 e. The van der Waals surface area contributed by atoms with Crippen molar-refractivity contribution in [2.45, 2.75) is 26.3 Å². The van der Waals surface area contributed by atoms with Gasteiger partial charge in [-0.3, -0.25) is 4.79 Å². The lowest BCUT2D eigenvalue weighted by Gasteiger charge is -2.10. The van der Waals surface area contributed by atoms with Gasteiger partial charge in [0.15, 0.2) is 5.82 Å². The van der Waals surface area contributed by atoms with Gasteiger partial charge in [-0.25, -0.2) is 4.68 Å². The van der Waals surface area contributed by atoms with Crippen LogP contribution in [0.2, 0.25) is 5.02 Å². The van der Waals surface area contributed by atoms with Crippen molar-refractivity contribution < 1.29 is 4.79 Å². The molecule has 0 atom stereocenters. The van der Waals surface area contributed by atoms with Crippen LogP contribution in [-0.2, 0) is 6.42 Å². The fraction of sp³-hybridized carbons (Fsp3) is 0.263. The first kappa shape index (κ1) is 18.1. The predicted octanol–water partition coefficient (Wildman–Crippen LogP) is 3.55. The van der Waals surface area contributed by atoms with Crippen LogP contribution in [0.25, 0.3) is 11.4 Å². The van der Waals surface area contributed by atoms with Crippen LogP contribution >= 0.6 is 11.6 Å². The highest BCUT2D eigenvalue weighted by atomic mass is 35.5. The second-order valence-corrected chi connectivity index (χ2v) is 6.63. The zero-order chi connectivity index (χ0) is 18.5. The highest BCUT2D eigenvalue weighted by Gasteiger charge is 2.13. The monoisotopic (exact) mass is 369 g/mol. The lowest BCUT2D eigenvalue weighted by Crippen LogP contribution is -2.25. The van der Waals surface area contributed by atoms with E-state index in [1.165, 1.54) is 0 Å². The van der Waals surface area contributed by atoms with Crippen LogP contribution in [0.1, 0.15) is 35.8 Å². The molecule has 0 fully saturated rings. The van der Waals surface area contributed by atoms with Gasteiger partial charge < -0.3 is 5.32 Å². The average Bonchev–Trinajstić information content (AvgIpc) is 3.13. The van der Waals surface area contributed by atoms with E-state index in [-0.39, 0.29) is 11.9 Å².